The zero-order chi connectivity index (χ0) is 8.74. The lowest BCUT2D eigenvalue weighted by molar-refractivity contribution is -0.691. The fourth-order valence-corrected chi connectivity index (χ4v) is 1.37. The van der Waals surface area contributed by atoms with Gasteiger partial charge in [-0.25, -0.2) is 0 Å². The summed E-state index contributed by atoms with van der Waals surface area (Å²) in [5.74, 6) is 0. The summed E-state index contributed by atoms with van der Waals surface area (Å²) in [5, 5.41) is 0. The van der Waals surface area contributed by atoms with Gasteiger partial charge in [-0.3, -0.25) is 0 Å². The second-order valence-electron chi connectivity index (χ2n) is 2.92. The Hall–Kier alpha value is 0.540. The Morgan fingerprint density at radius 2 is 1.27 bits per heavy atom. The molecule has 0 radical (unpaired) electrons. The number of quaternary nitrogens is 1. The van der Waals surface area contributed by atoms with Crippen LogP contribution < -0.4 is 0 Å². The topological polar surface area (TPSA) is 0 Å². The molecule has 0 bridgehead atoms. The Balaban J connectivity index is 3.43. The van der Waals surface area contributed by atoms with E-state index in [0.29, 0.717) is 0 Å². The molecule has 0 atom stereocenters. The average molecular weight is 199 g/mol. The molecule has 11 heavy (non-hydrogen) atoms. The van der Waals surface area contributed by atoms with E-state index in [1.807, 2.05) is 0 Å². The maximum absolute atomic E-state index is 6.00. The summed E-state index contributed by atoms with van der Waals surface area (Å²) in [4.78, 5) is 0. The fourth-order valence-electron chi connectivity index (χ4n) is 0.891. The van der Waals surface area contributed by atoms with Gasteiger partial charge in [-0.05, 0) is 12.8 Å². The van der Waals surface area contributed by atoms with Crippen LogP contribution in [-0.2, 0) is 0 Å². The summed E-state index contributed by atoms with van der Waals surface area (Å²) in [5.41, 5.74) is 0. The highest BCUT2D eigenvalue weighted by atomic mass is 35.5. The first-order valence-corrected chi connectivity index (χ1v) is 5.06. The van der Waals surface area contributed by atoms with Crippen molar-refractivity contribution in [3.63, 3.8) is 0 Å². The molecule has 0 aromatic heterocycles. The van der Waals surface area contributed by atoms with Crippen molar-refractivity contribution in [1.82, 2.24) is 0 Å². The van der Waals surface area contributed by atoms with E-state index in [-0.39, 0.29) is 3.52 Å². The molecule has 0 spiro atoms. The van der Waals surface area contributed by atoms with Gasteiger partial charge in [0.1, 0.15) is 13.1 Å². The minimum Gasteiger partial charge on any atom is -0.123 e. The van der Waals surface area contributed by atoms with Gasteiger partial charge in [0.2, 0.25) is 0 Å². The van der Waals surface area contributed by atoms with Crippen molar-refractivity contribution in [2.75, 3.05) is 13.1 Å². The van der Waals surface area contributed by atoms with Gasteiger partial charge in [-0.1, -0.05) is 26.7 Å². The molecule has 0 aliphatic rings. The zero-order valence-electron chi connectivity index (χ0n) is 7.45. The third-order valence-corrected chi connectivity index (χ3v) is 2.35. The molecule has 0 aliphatic heterocycles. The van der Waals surface area contributed by atoms with Crippen molar-refractivity contribution in [2.24, 2.45) is 0 Å². The summed E-state index contributed by atoms with van der Waals surface area (Å²) in [7, 11) is 0. The second-order valence-corrected chi connectivity index (χ2v) is 4.39. The van der Waals surface area contributed by atoms with Crippen molar-refractivity contribution in [2.45, 2.75) is 39.5 Å². The number of hydrogen-bond acceptors (Lipinski definition) is 0. The van der Waals surface area contributed by atoms with Crippen molar-refractivity contribution >= 4 is 23.6 Å². The number of rotatable bonds is 6. The van der Waals surface area contributed by atoms with Gasteiger partial charge in [0.05, 0.1) is 0 Å². The zero-order valence-corrected chi connectivity index (χ0v) is 8.96. The minimum atomic E-state index is 0.154. The molecule has 0 aromatic rings. The average Bonchev–Trinajstić information content (AvgIpc) is 1.97. The second kappa shape index (κ2) is 6.10. The SMILES string of the molecule is CCCC[N+](Cl)(Cl)CCCC. The first-order valence-electron chi connectivity index (χ1n) is 4.38. The summed E-state index contributed by atoms with van der Waals surface area (Å²) in [6.45, 7) is 6.04. The molecule has 3 heteroatoms. The quantitative estimate of drug-likeness (QED) is 0.572. The number of unbranched alkanes of at least 4 members (excludes halogenated alkanes) is 2. The van der Waals surface area contributed by atoms with Crippen LogP contribution >= 0.6 is 23.6 Å². The molecular weight excluding hydrogens is 181 g/mol. The highest BCUT2D eigenvalue weighted by molar-refractivity contribution is 6.23. The maximum atomic E-state index is 6.00. The van der Waals surface area contributed by atoms with Crippen LogP contribution in [0.15, 0.2) is 0 Å². The van der Waals surface area contributed by atoms with E-state index >= 15 is 0 Å². The monoisotopic (exact) mass is 198 g/mol. The van der Waals surface area contributed by atoms with Crippen molar-refractivity contribution in [3.05, 3.63) is 0 Å². The Labute approximate surface area is 80.1 Å². The van der Waals surface area contributed by atoms with Gasteiger partial charge < -0.3 is 0 Å². The fraction of sp³-hybridized carbons (Fsp3) is 1.00. The summed E-state index contributed by atoms with van der Waals surface area (Å²) in [6, 6.07) is 0. The standard InChI is InChI=1S/C8H18Cl2N/c1-3-5-7-11(9,10)8-6-4-2/h3-8H2,1-2H3/q+1. The van der Waals surface area contributed by atoms with Gasteiger partial charge in [-0.2, -0.15) is 0 Å². The molecule has 0 saturated heterocycles. The number of nitrogens with zero attached hydrogens (tertiary/aromatic N) is 1. The molecule has 0 heterocycles. The third kappa shape index (κ3) is 6.92. The van der Waals surface area contributed by atoms with E-state index in [0.717, 1.165) is 38.8 Å². The van der Waals surface area contributed by atoms with Gasteiger partial charge in [0.25, 0.3) is 0 Å². The predicted octanol–water partition coefficient (Wildman–Crippen LogP) is 3.71. The molecule has 0 unspecified atom stereocenters. The smallest absolute Gasteiger partial charge is 0.123 e. The van der Waals surface area contributed by atoms with Crippen LogP contribution in [0, 0.1) is 0 Å². The molecule has 0 N–H and O–H groups in total. The first-order chi connectivity index (χ1) is 5.12. The maximum Gasteiger partial charge on any atom is 0.186 e. The van der Waals surface area contributed by atoms with Crippen LogP contribution in [0.1, 0.15) is 39.5 Å². The van der Waals surface area contributed by atoms with Gasteiger partial charge in [0, 0.05) is 0 Å². The van der Waals surface area contributed by atoms with Crippen LogP contribution in [0.2, 0.25) is 0 Å². The van der Waals surface area contributed by atoms with Crippen LogP contribution in [0.3, 0.4) is 0 Å². The molecule has 0 aliphatic carbocycles. The molecule has 0 aromatic carbocycles. The van der Waals surface area contributed by atoms with Gasteiger partial charge in [-0.15, -0.1) is 3.52 Å². The van der Waals surface area contributed by atoms with Crippen LogP contribution in [0.25, 0.3) is 0 Å². The lowest BCUT2D eigenvalue weighted by Crippen LogP contribution is -2.29. The molecule has 0 amide bonds. The van der Waals surface area contributed by atoms with E-state index in [4.69, 9.17) is 23.6 Å². The largest absolute Gasteiger partial charge is 0.186 e. The Morgan fingerprint density at radius 3 is 1.55 bits per heavy atom. The van der Waals surface area contributed by atoms with E-state index < -0.39 is 0 Å². The molecule has 0 fully saturated rings. The summed E-state index contributed by atoms with van der Waals surface area (Å²) >= 11 is 12.0. The van der Waals surface area contributed by atoms with Crippen LogP contribution in [-0.4, -0.2) is 16.6 Å². The van der Waals surface area contributed by atoms with Crippen molar-refractivity contribution in [1.29, 1.82) is 0 Å². The van der Waals surface area contributed by atoms with Gasteiger partial charge in [0.15, 0.2) is 23.6 Å². The summed E-state index contributed by atoms with van der Waals surface area (Å²) < 4.78 is 0.154. The first kappa shape index (κ1) is 11.5. The normalized spacial score (nSPS) is 12.0. The highest BCUT2D eigenvalue weighted by Gasteiger charge is 2.21. The minimum absolute atomic E-state index is 0.154. The lowest BCUT2D eigenvalue weighted by atomic mass is 10.3. The Bertz CT molecular complexity index is 84.1. The third-order valence-electron chi connectivity index (χ3n) is 1.68. The van der Waals surface area contributed by atoms with Crippen LogP contribution in [0.4, 0.5) is 0 Å². The summed E-state index contributed by atoms with van der Waals surface area (Å²) in [6.07, 6.45) is 4.53. The van der Waals surface area contributed by atoms with E-state index in [9.17, 15) is 0 Å². The van der Waals surface area contributed by atoms with E-state index in [1.165, 1.54) is 0 Å². The predicted molar refractivity (Wildman–Crippen MR) is 51.5 cm³/mol. The lowest BCUT2D eigenvalue weighted by Gasteiger charge is -2.18. The number of halogens is 2. The van der Waals surface area contributed by atoms with E-state index in [1.54, 1.807) is 0 Å². The molecular formula is C8H18Cl2N+. The highest BCUT2D eigenvalue weighted by Crippen LogP contribution is 2.19. The van der Waals surface area contributed by atoms with E-state index in [2.05, 4.69) is 13.8 Å². The van der Waals surface area contributed by atoms with Crippen LogP contribution in [0.5, 0.6) is 0 Å². The van der Waals surface area contributed by atoms with Crippen molar-refractivity contribution in [3.8, 4) is 0 Å². The number of hydrogen-bond donors (Lipinski definition) is 0. The molecule has 0 rings (SSSR count). The Morgan fingerprint density at radius 1 is 0.909 bits per heavy atom. The molecule has 1 nitrogen and oxygen atoms in total. The molecule has 0 saturated carbocycles. The van der Waals surface area contributed by atoms with Gasteiger partial charge >= 0.3 is 0 Å². The molecule has 68 valence electrons. The Kier molecular flexibility index (Phi) is 6.40. The van der Waals surface area contributed by atoms with Crippen molar-refractivity contribution < 1.29 is 3.52 Å².